The van der Waals surface area contributed by atoms with Crippen molar-refractivity contribution < 1.29 is 0 Å². The van der Waals surface area contributed by atoms with Crippen molar-refractivity contribution in [3.8, 4) is 0 Å². The quantitative estimate of drug-likeness (QED) is 0.162. The molecule has 0 aliphatic heterocycles. The van der Waals surface area contributed by atoms with Gasteiger partial charge in [0.1, 0.15) is 0 Å². The van der Waals surface area contributed by atoms with Crippen LogP contribution in [0.3, 0.4) is 0 Å². The summed E-state index contributed by atoms with van der Waals surface area (Å²) < 4.78 is 0. The van der Waals surface area contributed by atoms with Crippen LogP contribution in [-0.2, 0) is 0 Å². The third kappa shape index (κ3) is 2.64. The Kier molecular flexibility index (Phi) is 4.25. The Bertz CT molecular complexity index is 2010. The zero-order valence-corrected chi connectivity index (χ0v) is 24.9. The topological polar surface area (TPSA) is 0 Å². The molecule has 0 N–H and O–H groups in total. The van der Waals surface area contributed by atoms with Gasteiger partial charge < -0.3 is 0 Å². The molecule has 0 atom stereocenters. The zero-order chi connectivity index (χ0) is 28.8. The second-order valence-electron chi connectivity index (χ2n) is 13.6. The molecule has 0 spiro atoms. The highest BCUT2D eigenvalue weighted by molar-refractivity contribution is 6.07. The van der Waals surface area contributed by atoms with E-state index >= 15 is 0 Å². The van der Waals surface area contributed by atoms with Crippen LogP contribution in [0, 0.1) is 13.8 Å². The number of hydrogen-bond acceptors (Lipinski definition) is 0. The van der Waals surface area contributed by atoms with Crippen LogP contribution >= 0.6 is 0 Å². The van der Waals surface area contributed by atoms with E-state index in [1.165, 1.54) is 99.4 Å². The van der Waals surface area contributed by atoms with Gasteiger partial charge >= 0.3 is 0 Å². The first-order valence-corrected chi connectivity index (χ1v) is 16.1. The Morgan fingerprint density at radius 2 is 0.455 bits per heavy atom. The molecule has 0 amide bonds. The number of benzene rings is 7. The molecule has 0 heterocycles. The first kappa shape index (κ1) is 23.5. The fraction of sp³-hybridized carbons (Fsp3) is 0.136. The molecule has 6 aliphatic carbocycles. The molecule has 13 rings (SSSR count). The van der Waals surface area contributed by atoms with Crippen molar-refractivity contribution in [3.63, 3.8) is 0 Å². The van der Waals surface area contributed by atoms with Crippen LogP contribution in [0.15, 0.2) is 121 Å². The van der Waals surface area contributed by atoms with Crippen LogP contribution < -0.4 is 0 Å². The summed E-state index contributed by atoms with van der Waals surface area (Å²) in [6.45, 7) is 4.74. The van der Waals surface area contributed by atoms with Gasteiger partial charge in [-0.15, -0.1) is 0 Å². The van der Waals surface area contributed by atoms with E-state index < -0.39 is 0 Å². The van der Waals surface area contributed by atoms with Gasteiger partial charge in [-0.2, -0.15) is 0 Å². The van der Waals surface area contributed by atoms with Gasteiger partial charge in [0, 0.05) is 23.7 Å². The Labute approximate surface area is 257 Å². The molecule has 0 aromatic heterocycles. The molecule has 0 saturated heterocycles. The Morgan fingerprint density at radius 3 is 0.636 bits per heavy atom. The average molecular weight is 559 g/mol. The van der Waals surface area contributed by atoms with Gasteiger partial charge in [0.2, 0.25) is 0 Å². The fourth-order valence-corrected chi connectivity index (χ4v) is 9.95. The molecule has 0 fully saturated rings. The van der Waals surface area contributed by atoms with Crippen LogP contribution in [0.25, 0.3) is 21.5 Å². The predicted molar refractivity (Wildman–Crippen MR) is 180 cm³/mol. The van der Waals surface area contributed by atoms with Crippen LogP contribution in [0.4, 0.5) is 0 Å². The summed E-state index contributed by atoms with van der Waals surface area (Å²) >= 11 is 0. The van der Waals surface area contributed by atoms with Crippen LogP contribution in [0.5, 0.6) is 0 Å². The number of hydrogen-bond donors (Lipinski definition) is 0. The Balaban J connectivity index is 1.21. The summed E-state index contributed by atoms with van der Waals surface area (Å²) in [4.78, 5) is 0. The SMILES string of the molecule is Cc1c2cc3c(cc2c(C)c2cc4c(cc12)C1c2ccccc2C4c2ccccc21)C1c2ccccc2C3c2ccccc21. The molecule has 0 radical (unpaired) electrons. The van der Waals surface area contributed by atoms with Gasteiger partial charge in [-0.1, -0.05) is 97.1 Å². The summed E-state index contributed by atoms with van der Waals surface area (Å²) in [7, 11) is 0. The summed E-state index contributed by atoms with van der Waals surface area (Å²) in [5, 5.41) is 5.66. The summed E-state index contributed by atoms with van der Waals surface area (Å²) in [5.74, 6) is 1.20. The van der Waals surface area contributed by atoms with Crippen molar-refractivity contribution in [2.75, 3.05) is 0 Å². The molecule has 0 nitrogen and oxygen atoms in total. The van der Waals surface area contributed by atoms with E-state index in [1.54, 1.807) is 0 Å². The summed E-state index contributed by atoms with van der Waals surface area (Å²) in [6.07, 6.45) is 0. The van der Waals surface area contributed by atoms with Crippen molar-refractivity contribution in [2.24, 2.45) is 0 Å². The maximum atomic E-state index is 2.58. The molecule has 0 saturated carbocycles. The lowest BCUT2D eigenvalue weighted by Gasteiger charge is -2.43. The average Bonchev–Trinajstić information content (AvgIpc) is 3.09. The highest BCUT2D eigenvalue weighted by Gasteiger charge is 2.43. The van der Waals surface area contributed by atoms with Crippen molar-refractivity contribution in [1.82, 2.24) is 0 Å². The molecule has 44 heavy (non-hydrogen) atoms. The lowest BCUT2D eigenvalue weighted by Crippen LogP contribution is -2.27. The molecule has 7 aromatic carbocycles. The molecule has 0 unspecified atom stereocenters. The number of aryl methyl sites for hydroxylation is 2. The van der Waals surface area contributed by atoms with E-state index in [9.17, 15) is 0 Å². The minimum Gasteiger partial charge on any atom is -0.0619 e. The molecule has 6 aliphatic rings. The van der Waals surface area contributed by atoms with E-state index in [-0.39, 0.29) is 0 Å². The molecule has 7 aromatic rings. The second-order valence-corrected chi connectivity index (χ2v) is 13.6. The van der Waals surface area contributed by atoms with Crippen molar-refractivity contribution in [2.45, 2.75) is 37.5 Å². The third-order valence-corrected chi connectivity index (χ3v) is 11.8. The first-order chi connectivity index (χ1) is 21.7. The van der Waals surface area contributed by atoms with Crippen molar-refractivity contribution in [3.05, 3.63) is 199 Å². The van der Waals surface area contributed by atoms with E-state index in [1.807, 2.05) is 0 Å². The first-order valence-electron chi connectivity index (χ1n) is 16.1. The van der Waals surface area contributed by atoms with Gasteiger partial charge in [0.05, 0.1) is 0 Å². The smallest absolute Gasteiger partial charge is 0.0349 e. The highest BCUT2D eigenvalue weighted by Crippen LogP contribution is 2.59. The van der Waals surface area contributed by atoms with Gasteiger partial charge in [-0.3, -0.25) is 0 Å². The lowest BCUT2D eigenvalue weighted by molar-refractivity contribution is 0.756. The highest BCUT2D eigenvalue weighted by atomic mass is 14.5. The van der Waals surface area contributed by atoms with Crippen molar-refractivity contribution in [1.29, 1.82) is 0 Å². The van der Waals surface area contributed by atoms with Gasteiger partial charge in [0.15, 0.2) is 0 Å². The van der Waals surface area contributed by atoms with E-state index in [0.717, 1.165) is 0 Å². The predicted octanol–water partition coefficient (Wildman–Crippen LogP) is 10.6. The third-order valence-electron chi connectivity index (χ3n) is 11.8. The summed E-state index contributed by atoms with van der Waals surface area (Å²) in [5.41, 5.74) is 20.7. The van der Waals surface area contributed by atoms with Gasteiger partial charge in [-0.05, 0) is 138 Å². The molecule has 4 bridgehead atoms. The van der Waals surface area contributed by atoms with Crippen LogP contribution in [-0.4, -0.2) is 0 Å². The maximum Gasteiger partial charge on any atom is 0.0349 e. The maximum absolute atomic E-state index is 2.58. The fourth-order valence-electron chi connectivity index (χ4n) is 9.95. The molecule has 0 heteroatoms. The molecular weight excluding hydrogens is 528 g/mol. The van der Waals surface area contributed by atoms with Gasteiger partial charge in [-0.25, -0.2) is 0 Å². The number of rotatable bonds is 0. The monoisotopic (exact) mass is 558 g/mol. The molecular formula is C44H30. The van der Waals surface area contributed by atoms with Crippen LogP contribution in [0.1, 0.15) is 102 Å². The normalized spacial score (nSPS) is 21.0. The molecule has 206 valence electrons. The van der Waals surface area contributed by atoms with Crippen LogP contribution in [0.2, 0.25) is 0 Å². The summed E-state index contributed by atoms with van der Waals surface area (Å²) in [6, 6.07) is 47.0. The van der Waals surface area contributed by atoms with E-state index in [2.05, 4.69) is 135 Å². The second kappa shape index (κ2) is 7.96. The Morgan fingerprint density at radius 1 is 0.273 bits per heavy atom. The Hall–Kier alpha value is -4.94. The number of fused-ring (bicyclic) bond motifs is 2. The standard InChI is InChI=1S/C44H30/c1-23-33-19-37-39(43-29-15-7-3-11-25(29)41(37)26-12-4-8-16-30(26)43)21-35(33)24(2)36-22-40-38(20-34(23)36)42-27-13-5-9-17-31(27)44(40)32-18-10-6-14-28(32)42/h3-22,41-44H,1-2H3. The van der Waals surface area contributed by atoms with E-state index in [4.69, 9.17) is 0 Å². The largest absolute Gasteiger partial charge is 0.0619 e. The minimum atomic E-state index is 0.300. The lowest BCUT2D eigenvalue weighted by atomic mass is 9.60. The van der Waals surface area contributed by atoms with Crippen molar-refractivity contribution >= 4 is 21.5 Å². The van der Waals surface area contributed by atoms with E-state index in [0.29, 0.717) is 23.7 Å². The minimum absolute atomic E-state index is 0.300. The zero-order valence-electron chi connectivity index (χ0n) is 24.9. The van der Waals surface area contributed by atoms with Gasteiger partial charge in [0.25, 0.3) is 0 Å².